The first kappa shape index (κ1) is 14.5. The molecule has 0 atom stereocenters. The summed E-state index contributed by atoms with van der Waals surface area (Å²) in [5.74, 6) is -0.806. The molecule has 6 heteroatoms. The fraction of sp³-hybridized carbons (Fsp3) is 0.143. The van der Waals surface area contributed by atoms with Crippen LogP contribution < -0.4 is 8.37 Å². The molecule has 0 aromatic heterocycles. The zero-order valence-electron chi connectivity index (χ0n) is 10.9. The van der Waals surface area contributed by atoms with Crippen LogP contribution in [0.5, 0.6) is 11.5 Å². The Morgan fingerprint density at radius 2 is 1.25 bits per heavy atom. The standard InChI is InChI=1S/C14H12F2O3S/c1-9-3-5-11(7-13(9)15)18-20(17)19-12-6-4-10(2)14(16)8-12/h3-8H,1-2H3. The van der Waals surface area contributed by atoms with Gasteiger partial charge in [-0.25, -0.2) is 8.78 Å². The van der Waals surface area contributed by atoms with Crippen LogP contribution in [-0.4, -0.2) is 4.21 Å². The molecule has 2 aromatic carbocycles. The molecule has 2 aromatic rings. The van der Waals surface area contributed by atoms with Crippen LogP contribution in [0.1, 0.15) is 11.1 Å². The Morgan fingerprint density at radius 1 is 0.850 bits per heavy atom. The van der Waals surface area contributed by atoms with Crippen molar-refractivity contribution in [1.29, 1.82) is 0 Å². The summed E-state index contributed by atoms with van der Waals surface area (Å²) in [5, 5.41) is 0. The number of rotatable bonds is 4. The zero-order chi connectivity index (χ0) is 14.7. The van der Waals surface area contributed by atoms with E-state index in [4.69, 9.17) is 8.37 Å². The maximum absolute atomic E-state index is 13.3. The van der Waals surface area contributed by atoms with E-state index in [1.165, 1.54) is 24.3 Å². The van der Waals surface area contributed by atoms with Gasteiger partial charge in [0.15, 0.2) is 0 Å². The van der Waals surface area contributed by atoms with Gasteiger partial charge < -0.3 is 8.37 Å². The molecule has 106 valence electrons. The Labute approximate surface area is 118 Å². The van der Waals surface area contributed by atoms with Crippen LogP contribution >= 0.6 is 0 Å². The van der Waals surface area contributed by atoms with E-state index in [0.29, 0.717) is 11.1 Å². The third-order valence-corrected chi connectivity index (χ3v) is 3.27. The molecule has 0 unspecified atom stereocenters. The first-order valence-corrected chi connectivity index (χ1v) is 6.76. The van der Waals surface area contributed by atoms with Crippen molar-refractivity contribution in [2.45, 2.75) is 13.8 Å². The first-order valence-electron chi connectivity index (χ1n) is 5.76. The smallest absolute Gasteiger partial charge is 0.371 e. The number of benzene rings is 2. The summed E-state index contributed by atoms with van der Waals surface area (Å²) in [6, 6.07) is 8.13. The Balaban J connectivity index is 2.04. The lowest BCUT2D eigenvalue weighted by Crippen LogP contribution is -2.08. The third-order valence-electron chi connectivity index (χ3n) is 2.62. The SMILES string of the molecule is Cc1ccc(OS(=O)Oc2ccc(C)c(F)c2)cc1F. The highest BCUT2D eigenvalue weighted by Crippen LogP contribution is 2.20. The molecule has 2 rings (SSSR count). The van der Waals surface area contributed by atoms with Crippen LogP contribution in [0, 0.1) is 25.5 Å². The third kappa shape index (κ3) is 3.54. The molecule has 0 amide bonds. The van der Waals surface area contributed by atoms with Gasteiger partial charge in [-0.15, -0.1) is 0 Å². The monoisotopic (exact) mass is 298 g/mol. The Bertz CT molecular complexity index is 603. The number of hydrogen-bond donors (Lipinski definition) is 0. The highest BCUT2D eigenvalue weighted by atomic mass is 32.2. The predicted molar refractivity (Wildman–Crippen MR) is 71.7 cm³/mol. The fourth-order valence-electron chi connectivity index (χ4n) is 1.42. The molecular weight excluding hydrogens is 286 g/mol. The fourth-order valence-corrected chi connectivity index (χ4v) is 1.98. The second-order valence-electron chi connectivity index (χ2n) is 4.19. The molecule has 0 heterocycles. The molecule has 0 fully saturated rings. The van der Waals surface area contributed by atoms with Gasteiger partial charge >= 0.3 is 11.4 Å². The van der Waals surface area contributed by atoms with E-state index in [1.54, 1.807) is 13.8 Å². The van der Waals surface area contributed by atoms with Crippen LogP contribution in [0.25, 0.3) is 0 Å². The molecule has 0 saturated heterocycles. The molecule has 0 aliphatic carbocycles. The maximum Gasteiger partial charge on any atom is 0.417 e. The lowest BCUT2D eigenvalue weighted by Gasteiger charge is -2.07. The average Bonchev–Trinajstić information content (AvgIpc) is 2.38. The molecule has 0 spiro atoms. The largest absolute Gasteiger partial charge is 0.417 e. The summed E-state index contributed by atoms with van der Waals surface area (Å²) in [5.41, 5.74) is 0.898. The van der Waals surface area contributed by atoms with Gasteiger partial charge in [-0.3, -0.25) is 0 Å². The van der Waals surface area contributed by atoms with Crippen molar-refractivity contribution in [1.82, 2.24) is 0 Å². The van der Waals surface area contributed by atoms with Gasteiger partial charge in [0.1, 0.15) is 23.1 Å². The maximum atomic E-state index is 13.3. The van der Waals surface area contributed by atoms with Crippen molar-refractivity contribution in [2.75, 3.05) is 0 Å². The second kappa shape index (κ2) is 6.00. The van der Waals surface area contributed by atoms with Crippen molar-refractivity contribution in [2.24, 2.45) is 0 Å². The quantitative estimate of drug-likeness (QED) is 0.865. The van der Waals surface area contributed by atoms with Gasteiger partial charge in [0.05, 0.1) is 0 Å². The van der Waals surface area contributed by atoms with E-state index < -0.39 is 23.0 Å². The van der Waals surface area contributed by atoms with Crippen molar-refractivity contribution in [3.63, 3.8) is 0 Å². The lowest BCUT2D eigenvalue weighted by atomic mass is 10.2. The topological polar surface area (TPSA) is 35.5 Å². The van der Waals surface area contributed by atoms with Gasteiger partial charge in [-0.1, -0.05) is 12.1 Å². The normalized spacial score (nSPS) is 10.7. The number of aryl methyl sites for hydroxylation is 2. The molecule has 0 aliphatic heterocycles. The van der Waals surface area contributed by atoms with Gasteiger partial charge in [-0.2, -0.15) is 4.21 Å². The van der Waals surface area contributed by atoms with Crippen LogP contribution in [-0.2, 0) is 11.4 Å². The van der Waals surface area contributed by atoms with E-state index in [-0.39, 0.29) is 11.5 Å². The zero-order valence-corrected chi connectivity index (χ0v) is 11.7. The Hall–Kier alpha value is -1.95. The molecule has 0 radical (unpaired) electrons. The lowest BCUT2D eigenvalue weighted by molar-refractivity contribution is 0.457. The van der Waals surface area contributed by atoms with Gasteiger partial charge in [0.2, 0.25) is 0 Å². The summed E-state index contributed by atoms with van der Waals surface area (Å²) in [7, 11) is 0. The summed E-state index contributed by atoms with van der Waals surface area (Å²) in [6.07, 6.45) is 0. The van der Waals surface area contributed by atoms with Gasteiger partial charge in [-0.05, 0) is 37.1 Å². The minimum absolute atomic E-state index is 0.0685. The van der Waals surface area contributed by atoms with Crippen LogP contribution in [0.3, 0.4) is 0 Å². The first-order chi connectivity index (χ1) is 9.45. The second-order valence-corrected chi connectivity index (χ2v) is 4.93. The van der Waals surface area contributed by atoms with E-state index in [9.17, 15) is 13.0 Å². The predicted octanol–water partition coefficient (Wildman–Crippen LogP) is 3.62. The minimum atomic E-state index is -2.19. The van der Waals surface area contributed by atoms with Crippen molar-refractivity contribution in [3.8, 4) is 11.5 Å². The van der Waals surface area contributed by atoms with E-state index in [0.717, 1.165) is 12.1 Å². The highest BCUT2D eigenvalue weighted by Gasteiger charge is 2.09. The molecule has 0 saturated carbocycles. The van der Waals surface area contributed by atoms with Crippen LogP contribution in [0.2, 0.25) is 0 Å². The Morgan fingerprint density at radius 3 is 1.60 bits per heavy atom. The van der Waals surface area contributed by atoms with Crippen molar-refractivity contribution >= 4 is 11.4 Å². The van der Waals surface area contributed by atoms with Gasteiger partial charge in [0, 0.05) is 12.1 Å². The molecule has 0 N–H and O–H groups in total. The molecular formula is C14H12F2O3S. The molecule has 20 heavy (non-hydrogen) atoms. The number of halogens is 2. The van der Waals surface area contributed by atoms with Crippen molar-refractivity contribution < 1.29 is 21.4 Å². The van der Waals surface area contributed by atoms with E-state index >= 15 is 0 Å². The van der Waals surface area contributed by atoms with Crippen molar-refractivity contribution in [3.05, 3.63) is 59.2 Å². The summed E-state index contributed by atoms with van der Waals surface area (Å²) in [6.45, 7) is 3.20. The summed E-state index contributed by atoms with van der Waals surface area (Å²) >= 11 is -2.19. The van der Waals surface area contributed by atoms with E-state index in [2.05, 4.69) is 0 Å². The molecule has 0 bridgehead atoms. The summed E-state index contributed by atoms with van der Waals surface area (Å²) in [4.78, 5) is 0. The average molecular weight is 298 g/mol. The molecule has 0 aliphatic rings. The Kier molecular flexibility index (Phi) is 4.34. The summed E-state index contributed by atoms with van der Waals surface area (Å²) < 4.78 is 48.0. The van der Waals surface area contributed by atoms with Crippen LogP contribution in [0.4, 0.5) is 8.78 Å². The number of hydrogen-bond acceptors (Lipinski definition) is 3. The van der Waals surface area contributed by atoms with E-state index in [1.807, 2.05) is 0 Å². The van der Waals surface area contributed by atoms with Crippen LogP contribution in [0.15, 0.2) is 36.4 Å². The molecule has 3 nitrogen and oxygen atoms in total. The minimum Gasteiger partial charge on any atom is -0.371 e. The highest BCUT2D eigenvalue weighted by molar-refractivity contribution is 7.75. The van der Waals surface area contributed by atoms with Gasteiger partial charge in [0.25, 0.3) is 0 Å².